The molecule has 0 saturated heterocycles. The summed E-state index contributed by atoms with van der Waals surface area (Å²) in [4.78, 5) is 35.5. The van der Waals surface area contributed by atoms with Crippen molar-refractivity contribution in [1.29, 1.82) is 0 Å². The molecular formula is C20H37N3O3. The van der Waals surface area contributed by atoms with Crippen LogP contribution in [0.5, 0.6) is 0 Å². The van der Waals surface area contributed by atoms with Crippen LogP contribution in [0.1, 0.15) is 90.4 Å². The summed E-state index contributed by atoms with van der Waals surface area (Å²) >= 11 is 0. The summed E-state index contributed by atoms with van der Waals surface area (Å²) in [7, 11) is 0. The number of carbonyl (C=O) groups excluding carboxylic acids is 3. The van der Waals surface area contributed by atoms with Crippen LogP contribution in [0.4, 0.5) is 0 Å². The summed E-state index contributed by atoms with van der Waals surface area (Å²) < 4.78 is 0. The molecule has 0 aromatic heterocycles. The molecule has 1 saturated carbocycles. The average Bonchev–Trinajstić information content (AvgIpc) is 2.62. The molecule has 0 aromatic rings. The van der Waals surface area contributed by atoms with Crippen LogP contribution < -0.4 is 16.4 Å². The van der Waals surface area contributed by atoms with Crippen molar-refractivity contribution >= 4 is 17.7 Å². The van der Waals surface area contributed by atoms with Gasteiger partial charge < -0.3 is 16.4 Å². The van der Waals surface area contributed by atoms with Gasteiger partial charge in [-0.2, -0.15) is 0 Å². The summed E-state index contributed by atoms with van der Waals surface area (Å²) in [5, 5.41) is 5.46. The van der Waals surface area contributed by atoms with E-state index in [9.17, 15) is 14.4 Å². The maximum atomic E-state index is 12.0. The van der Waals surface area contributed by atoms with Gasteiger partial charge in [0.05, 0.1) is 6.42 Å². The fourth-order valence-corrected chi connectivity index (χ4v) is 3.53. The standard InChI is InChI=1S/C20H37N3O3/c1-2-3-4-5-9-12-18(24)23-17(20(21)26)15-19(25)22-14-13-16-10-7-6-8-11-16/h16-17H,2-15H2,1H3,(H2,21,26)(H,22,25)(H,23,24)/t17-/m1/s1. The minimum Gasteiger partial charge on any atom is -0.368 e. The summed E-state index contributed by atoms with van der Waals surface area (Å²) in [6.45, 7) is 2.77. The molecule has 0 aromatic carbocycles. The number of primary amides is 1. The summed E-state index contributed by atoms with van der Waals surface area (Å²) in [5.74, 6) is -0.400. The van der Waals surface area contributed by atoms with E-state index < -0.39 is 11.9 Å². The quantitative estimate of drug-likeness (QED) is 0.436. The van der Waals surface area contributed by atoms with Gasteiger partial charge in [-0.25, -0.2) is 0 Å². The molecular weight excluding hydrogens is 330 g/mol. The number of nitrogens with one attached hydrogen (secondary N) is 2. The number of hydrogen-bond donors (Lipinski definition) is 3. The number of hydrogen-bond acceptors (Lipinski definition) is 3. The first-order valence-electron chi connectivity index (χ1n) is 10.4. The fraction of sp³-hybridized carbons (Fsp3) is 0.850. The van der Waals surface area contributed by atoms with E-state index >= 15 is 0 Å². The summed E-state index contributed by atoms with van der Waals surface area (Å²) in [5.41, 5.74) is 5.34. The Hall–Kier alpha value is -1.59. The molecule has 1 aliphatic carbocycles. The van der Waals surface area contributed by atoms with Gasteiger partial charge >= 0.3 is 0 Å². The third kappa shape index (κ3) is 10.4. The highest BCUT2D eigenvalue weighted by molar-refractivity contribution is 5.91. The van der Waals surface area contributed by atoms with E-state index in [1.165, 1.54) is 38.5 Å². The average molecular weight is 368 g/mol. The highest BCUT2D eigenvalue weighted by Gasteiger charge is 2.21. The normalized spacial score (nSPS) is 16.0. The predicted octanol–water partition coefficient (Wildman–Crippen LogP) is 2.79. The lowest BCUT2D eigenvalue weighted by Crippen LogP contribution is -2.47. The second-order valence-electron chi connectivity index (χ2n) is 7.53. The molecule has 6 nitrogen and oxygen atoms in total. The van der Waals surface area contributed by atoms with Gasteiger partial charge in [-0.05, 0) is 18.8 Å². The van der Waals surface area contributed by atoms with Crippen LogP contribution in [0.15, 0.2) is 0 Å². The Labute approximate surface area is 158 Å². The van der Waals surface area contributed by atoms with Gasteiger partial charge in [-0.3, -0.25) is 14.4 Å². The molecule has 0 spiro atoms. The van der Waals surface area contributed by atoms with Crippen LogP contribution in [0.25, 0.3) is 0 Å². The van der Waals surface area contributed by atoms with Crippen molar-refractivity contribution in [2.45, 2.75) is 96.4 Å². The van der Waals surface area contributed by atoms with E-state index in [0.717, 1.165) is 32.1 Å². The zero-order valence-electron chi connectivity index (χ0n) is 16.4. The Morgan fingerprint density at radius 2 is 1.69 bits per heavy atom. The molecule has 150 valence electrons. The first-order chi connectivity index (χ1) is 12.5. The Bertz CT molecular complexity index is 434. The van der Waals surface area contributed by atoms with Gasteiger partial charge in [0.25, 0.3) is 0 Å². The van der Waals surface area contributed by atoms with Gasteiger partial charge in [-0.15, -0.1) is 0 Å². The number of amides is 3. The lowest BCUT2D eigenvalue weighted by atomic mass is 9.87. The molecule has 1 rings (SSSR count). The van der Waals surface area contributed by atoms with Crippen LogP contribution in [0.3, 0.4) is 0 Å². The topological polar surface area (TPSA) is 101 Å². The van der Waals surface area contributed by atoms with Crippen molar-refractivity contribution in [3.8, 4) is 0 Å². The molecule has 1 aliphatic rings. The molecule has 4 N–H and O–H groups in total. The fourth-order valence-electron chi connectivity index (χ4n) is 3.53. The number of nitrogens with two attached hydrogens (primary N) is 1. The van der Waals surface area contributed by atoms with Crippen LogP contribution in [-0.2, 0) is 14.4 Å². The van der Waals surface area contributed by atoms with E-state index in [4.69, 9.17) is 5.73 Å². The smallest absolute Gasteiger partial charge is 0.240 e. The number of unbranched alkanes of at least 4 members (excludes halogenated alkanes) is 4. The third-order valence-electron chi connectivity index (χ3n) is 5.18. The van der Waals surface area contributed by atoms with E-state index in [-0.39, 0.29) is 18.2 Å². The first kappa shape index (κ1) is 22.5. The SMILES string of the molecule is CCCCCCCC(=O)N[C@H](CC(=O)NCCC1CCCCC1)C(N)=O. The highest BCUT2D eigenvalue weighted by Crippen LogP contribution is 2.25. The summed E-state index contributed by atoms with van der Waals surface area (Å²) in [6.07, 6.45) is 12.9. The van der Waals surface area contributed by atoms with Crippen molar-refractivity contribution in [2.75, 3.05) is 6.54 Å². The minimum atomic E-state index is -0.923. The van der Waals surface area contributed by atoms with Gasteiger partial charge in [-0.1, -0.05) is 64.7 Å². The second-order valence-corrected chi connectivity index (χ2v) is 7.53. The molecule has 3 amide bonds. The lowest BCUT2D eigenvalue weighted by molar-refractivity contribution is -0.130. The largest absolute Gasteiger partial charge is 0.368 e. The van der Waals surface area contributed by atoms with E-state index in [1.54, 1.807) is 0 Å². The van der Waals surface area contributed by atoms with E-state index in [1.807, 2.05) is 0 Å². The lowest BCUT2D eigenvalue weighted by Gasteiger charge is -2.21. The molecule has 0 unspecified atom stereocenters. The third-order valence-corrected chi connectivity index (χ3v) is 5.18. The van der Waals surface area contributed by atoms with Crippen molar-refractivity contribution in [2.24, 2.45) is 11.7 Å². The highest BCUT2D eigenvalue weighted by atomic mass is 16.2. The molecule has 0 heterocycles. The first-order valence-corrected chi connectivity index (χ1v) is 10.4. The Balaban J connectivity index is 2.22. The Morgan fingerprint density at radius 1 is 1.00 bits per heavy atom. The van der Waals surface area contributed by atoms with Crippen LogP contribution in [0.2, 0.25) is 0 Å². The van der Waals surface area contributed by atoms with Crippen LogP contribution in [-0.4, -0.2) is 30.3 Å². The summed E-state index contributed by atoms with van der Waals surface area (Å²) in [6, 6.07) is -0.923. The molecule has 26 heavy (non-hydrogen) atoms. The predicted molar refractivity (Wildman–Crippen MR) is 103 cm³/mol. The van der Waals surface area contributed by atoms with E-state index in [2.05, 4.69) is 17.6 Å². The van der Waals surface area contributed by atoms with Crippen molar-refractivity contribution in [3.05, 3.63) is 0 Å². The van der Waals surface area contributed by atoms with Gasteiger partial charge in [0.1, 0.15) is 6.04 Å². The van der Waals surface area contributed by atoms with Crippen molar-refractivity contribution in [1.82, 2.24) is 10.6 Å². The Morgan fingerprint density at radius 3 is 2.35 bits per heavy atom. The van der Waals surface area contributed by atoms with Crippen molar-refractivity contribution in [3.63, 3.8) is 0 Å². The maximum Gasteiger partial charge on any atom is 0.240 e. The van der Waals surface area contributed by atoms with Gasteiger partial charge in [0.2, 0.25) is 17.7 Å². The zero-order valence-corrected chi connectivity index (χ0v) is 16.4. The minimum absolute atomic E-state index is 0.0818. The van der Waals surface area contributed by atoms with Crippen molar-refractivity contribution < 1.29 is 14.4 Å². The molecule has 1 fully saturated rings. The zero-order chi connectivity index (χ0) is 19.2. The van der Waals surface area contributed by atoms with Gasteiger partial charge in [0, 0.05) is 13.0 Å². The second kappa shape index (κ2) is 13.6. The van der Waals surface area contributed by atoms with E-state index in [0.29, 0.717) is 18.9 Å². The molecule has 0 bridgehead atoms. The maximum absolute atomic E-state index is 12.0. The molecule has 0 radical (unpaired) electrons. The number of rotatable bonds is 13. The molecule has 0 aliphatic heterocycles. The van der Waals surface area contributed by atoms with Crippen LogP contribution >= 0.6 is 0 Å². The monoisotopic (exact) mass is 367 g/mol. The molecule has 1 atom stereocenters. The van der Waals surface area contributed by atoms with Gasteiger partial charge in [0.15, 0.2) is 0 Å². The Kier molecular flexibility index (Phi) is 11.7. The number of carbonyl (C=O) groups is 3. The van der Waals surface area contributed by atoms with Crippen LogP contribution in [0, 0.1) is 5.92 Å². The molecule has 6 heteroatoms.